The number of benzene rings is 4. The van der Waals surface area contributed by atoms with Gasteiger partial charge in [-0.05, 0) is 0 Å². The van der Waals surface area contributed by atoms with E-state index in [1.54, 1.807) is 11.1 Å². The van der Waals surface area contributed by atoms with Crippen LogP contribution in [0.5, 0.6) is 0 Å². The third-order valence-corrected chi connectivity index (χ3v) is 19.2. The van der Waals surface area contributed by atoms with E-state index in [1.807, 2.05) is 6.49 Å². The number of hydrogen-bond acceptors (Lipinski definition) is 0. The van der Waals surface area contributed by atoms with E-state index in [0.717, 1.165) is 6.42 Å². The molecule has 3 aliphatic rings. The smallest absolute Gasteiger partial charge is 1.00 e. The second kappa shape index (κ2) is 14.9. The minimum Gasteiger partial charge on any atom is -1.00 e. The topological polar surface area (TPSA) is 0 Å². The van der Waals surface area contributed by atoms with E-state index in [2.05, 4.69) is 145 Å². The number of hydrogen-bond donors (Lipinski definition) is 0. The van der Waals surface area contributed by atoms with Crippen molar-refractivity contribution in [1.82, 2.24) is 0 Å². The van der Waals surface area contributed by atoms with Crippen LogP contribution in [0.3, 0.4) is 0 Å². The average molecular weight is 753 g/mol. The summed E-state index contributed by atoms with van der Waals surface area (Å²) < 4.78 is 4.31. The summed E-state index contributed by atoms with van der Waals surface area (Å²) in [5.74, 6) is 0. The molecule has 4 aromatic carbocycles. The minimum absolute atomic E-state index is 0. The van der Waals surface area contributed by atoms with Gasteiger partial charge in [-0.15, -0.1) is 0 Å². The summed E-state index contributed by atoms with van der Waals surface area (Å²) in [4.78, 5) is 0. The SMILES string of the molecule is CC(C)(C)c1cc2c(cc1-c1ccccc1)[CH]([Zr+2]([C]1=CC=CC1)=[C]1CCCCCC1)c1cc(-c3ccccc3)c(C(C)(C)C)cc1-2.[Cl-].[Cl-]. The second-order valence-corrected chi connectivity index (χ2v) is 22.7. The number of halogens is 2. The number of fused-ring (bicyclic) bond motifs is 3. The molecule has 48 heavy (non-hydrogen) atoms. The molecule has 0 atom stereocenters. The van der Waals surface area contributed by atoms with Crippen LogP contribution >= 0.6 is 0 Å². The minimum atomic E-state index is -2.38. The molecule has 0 N–H and O–H groups in total. The molecule has 3 heteroatoms. The zero-order valence-electron chi connectivity index (χ0n) is 29.6. The second-order valence-electron chi connectivity index (χ2n) is 15.9. The normalized spacial score (nSPS) is 15.8. The molecule has 0 heterocycles. The first-order valence-corrected chi connectivity index (χ1v) is 21.5. The Hall–Kier alpha value is -2.31. The summed E-state index contributed by atoms with van der Waals surface area (Å²) in [6.07, 6.45) is 16.8. The van der Waals surface area contributed by atoms with E-state index in [1.165, 1.54) is 83.0 Å². The zero-order chi connectivity index (χ0) is 32.1. The van der Waals surface area contributed by atoms with Gasteiger partial charge in [0.2, 0.25) is 0 Å². The van der Waals surface area contributed by atoms with Crippen LogP contribution in [0, 0.1) is 0 Å². The molecule has 1 saturated carbocycles. The van der Waals surface area contributed by atoms with Crippen LogP contribution in [0.15, 0.2) is 106 Å². The van der Waals surface area contributed by atoms with Crippen molar-refractivity contribution in [3.63, 3.8) is 0 Å². The monoisotopic (exact) mass is 750 g/mol. The van der Waals surface area contributed by atoms with Crippen LogP contribution in [-0.2, 0) is 32.1 Å². The fourth-order valence-corrected chi connectivity index (χ4v) is 17.7. The van der Waals surface area contributed by atoms with E-state index in [0.29, 0.717) is 3.63 Å². The van der Waals surface area contributed by atoms with Gasteiger partial charge in [0.05, 0.1) is 0 Å². The van der Waals surface area contributed by atoms with Gasteiger partial charge in [-0.3, -0.25) is 0 Å². The van der Waals surface area contributed by atoms with Crippen molar-refractivity contribution < 1.29 is 46.1 Å². The van der Waals surface area contributed by atoms with E-state index in [9.17, 15) is 0 Å². The van der Waals surface area contributed by atoms with E-state index < -0.39 is 21.3 Å². The predicted octanol–water partition coefficient (Wildman–Crippen LogP) is 6.68. The van der Waals surface area contributed by atoms with Crippen LogP contribution in [0.1, 0.15) is 112 Å². The summed E-state index contributed by atoms with van der Waals surface area (Å²) >= 11 is -2.38. The predicted molar refractivity (Wildman–Crippen MR) is 197 cm³/mol. The van der Waals surface area contributed by atoms with Gasteiger partial charge in [0.25, 0.3) is 0 Å². The molecule has 7 rings (SSSR count). The fraction of sp³-hybridized carbons (Fsp3) is 0.356. The largest absolute Gasteiger partial charge is 1.00 e. The third-order valence-electron chi connectivity index (χ3n) is 10.6. The van der Waals surface area contributed by atoms with E-state index in [-0.39, 0.29) is 35.6 Å². The Labute approximate surface area is 310 Å². The maximum absolute atomic E-state index is 2.68. The van der Waals surface area contributed by atoms with Gasteiger partial charge in [-0.2, -0.15) is 0 Å². The van der Waals surface area contributed by atoms with Gasteiger partial charge in [-0.25, -0.2) is 0 Å². The van der Waals surface area contributed by atoms with Crippen molar-refractivity contribution in [3.05, 3.63) is 129 Å². The maximum atomic E-state index is 2.68. The first-order valence-electron chi connectivity index (χ1n) is 17.7. The number of rotatable bonds is 4. The van der Waals surface area contributed by atoms with Crippen molar-refractivity contribution in [2.24, 2.45) is 0 Å². The zero-order valence-corrected chi connectivity index (χ0v) is 33.6. The van der Waals surface area contributed by atoms with Gasteiger partial charge in [0.1, 0.15) is 0 Å². The van der Waals surface area contributed by atoms with Crippen molar-refractivity contribution in [2.75, 3.05) is 0 Å². The van der Waals surface area contributed by atoms with Crippen molar-refractivity contribution in [1.29, 1.82) is 0 Å². The molecule has 0 unspecified atom stereocenters. The molecule has 3 aliphatic carbocycles. The summed E-state index contributed by atoms with van der Waals surface area (Å²) in [6.45, 7) is 14.4. The summed E-state index contributed by atoms with van der Waals surface area (Å²) in [7, 11) is 0. The Morgan fingerprint density at radius 3 is 1.42 bits per heavy atom. The van der Waals surface area contributed by atoms with Crippen LogP contribution in [0.4, 0.5) is 0 Å². The Bertz CT molecular complexity index is 1750. The quantitative estimate of drug-likeness (QED) is 0.204. The molecule has 0 amide bonds. The summed E-state index contributed by atoms with van der Waals surface area (Å²) in [5.41, 5.74) is 14.8. The Morgan fingerprint density at radius 1 is 0.562 bits per heavy atom. The molecule has 0 radical (unpaired) electrons. The van der Waals surface area contributed by atoms with E-state index >= 15 is 0 Å². The molecule has 248 valence electrons. The van der Waals surface area contributed by atoms with Gasteiger partial charge in [0.15, 0.2) is 0 Å². The van der Waals surface area contributed by atoms with Crippen molar-refractivity contribution in [2.45, 2.75) is 101 Å². The molecule has 0 aliphatic heterocycles. The fourth-order valence-electron chi connectivity index (χ4n) is 8.30. The van der Waals surface area contributed by atoms with Gasteiger partial charge < -0.3 is 24.8 Å². The van der Waals surface area contributed by atoms with Gasteiger partial charge in [-0.1, -0.05) is 0 Å². The molecule has 4 aromatic rings. The summed E-state index contributed by atoms with van der Waals surface area (Å²) in [6, 6.07) is 33.0. The number of allylic oxidation sites excluding steroid dienone is 4. The molecule has 1 fully saturated rings. The Morgan fingerprint density at radius 2 is 1.02 bits per heavy atom. The molecular weight excluding hydrogens is 703 g/mol. The molecule has 0 saturated heterocycles. The van der Waals surface area contributed by atoms with Crippen LogP contribution in [0.25, 0.3) is 33.4 Å². The first kappa shape index (κ1) is 37.0. The molecule has 0 nitrogen and oxygen atoms in total. The maximum Gasteiger partial charge on any atom is -1.00 e. The van der Waals surface area contributed by atoms with Crippen LogP contribution in [0.2, 0.25) is 0 Å². The van der Waals surface area contributed by atoms with Crippen molar-refractivity contribution >= 4 is 3.21 Å². The Balaban J connectivity index is 0.00000225. The standard InChI is InChI=1S/C33H33.C7H12.C5H5.2ClH.Zr/c1-32(2,3)30-20-26-24(18-28(30)22-13-9-7-10-14-22)17-25-19-29(23-15-11-8-12-16-23)31(21-27(25)26)33(4,5)6;1-2-4-6-7-5-3-1;1-2-4-5-3-1;;;/h7-21H,1-6H3;1-6H2;1-3H,4H2;2*1H;/q;;;;;+2/p-2. The molecule has 0 spiro atoms. The summed E-state index contributed by atoms with van der Waals surface area (Å²) in [5, 5.41) is 0. The first-order chi connectivity index (χ1) is 22.1. The van der Waals surface area contributed by atoms with Gasteiger partial charge in [0, 0.05) is 0 Å². The van der Waals surface area contributed by atoms with Gasteiger partial charge >= 0.3 is 287 Å². The molecular formula is C45H50Cl2Zr. The average Bonchev–Trinajstić information content (AvgIpc) is 3.58. The van der Waals surface area contributed by atoms with Crippen LogP contribution in [-0.4, -0.2) is 3.21 Å². The Kier molecular flexibility index (Phi) is 11.5. The van der Waals surface area contributed by atoms with E-state index in [4.69, 9.17) is 0 Å². The van der Waals surface area contributed by atoms with Crippen LogP contribution < -0.4 is 24.8 Å². The molecule has 0 aromatic heterocycles. The third kappa shape index (κ3) is 7.13. The molecule has 0 bridgehead atoms. The van der Waals surface area contributed by atoms with Crippen molar-refractivity contribution in [3.8, 4) is 33.4 Å².